The maximum atomic E-state index is 13.7. The van der Waals surface area contributed by atoms with Crippen LogP contribution in [0.4, 0.5) is 4.39 Å². The van der Waals surface area contributed by atoms with Crippen LogP contribution >= 0.6 is 0 Å². The summed E-state index contributed by atoms with van der Waals surface area (Å²) in [5.74, 6) is -1.24. The minimum Gasteiger partial charge on any atom is -0.488 e. The molecule has 4 nitrogen and oxygen atoms in total. The van der Waals surface area contributed by atoms with E-state index >= 15 is 0 Å². The third-order valence-corrected chi connectivity index (χ3v) is 3.19. The molecular weight excluding hydrogens is 273 g/mol. The van der Waals surface area contributed by atoms with Crippen LogP contribution < -0.4 is 10.1 Å². The number of aryl methyl sites for hydroxylation is 1. The van der Waals surface area contributed by atoms with Gasteiger partial charge in [-0.05, 0) is 52.3 Å². The first kappa shape index (κ1) is 17.4. The van der Waals surface area contributed by atoms with Gasteiger partial charge in [0.1, 0.15) is 5.54 Å². The summed E-state index contributed by atoms with van der Waals surface area (Å²) in [5, 5.41) is 12.4. The minimum absolute atomic E-state index is 0.0222. The van der Waals surface area contributed by atoms with E-state index in [4.69, 9.17) is 4.74 Å². The monoisotopic (exact) mass is 297 g/mol. The van der Waals surface area contributed by atoms with Crippen LogP contribution in [0.1, 0.15) is 39.7 Å². The van der Waals surface area contributed by atoms with Crippen molar-refractivity contribution in [2.45, 2.75) is 58.7 Å². The van der Waals surface area contributed by atoms with E-state index in [2.05, 4.69) is 5.32 Å². The number of carbonyl (C=O) groups is 1. The van der Waals surface area contributed by atoms with Gasteiger partial charge in [-0.15, -0.1) is 0 Å². The predicted octanol–water partition coefficient (Wildman–Crippen LogP) is 3.13. The van der Waals surface area contributed by atoms with E-state index in [1.807, 2.05) is 20.8 Å². The van der Waals surface area contributed by atoms with E-state index in [0.717, 1.165) is 5.56 Å². The van der Waals surface area contributed by atoms with Crippen molar-refractivity contribution in [2.75, 3.05) is 0 Å². The van der Waals surface area contributed by atoms with E-state index in [1.54, 1.807) is 26.0 Å². The Bertz CT molecular complexity index is 504. The molecule has 0 aliphatic rings. The summed E-state index contributed by atoms with van der Waals surface area (Å²) in [6.07, 6.45) is -0.206. The number of aliphatic carboxylic acids is 1. The summed E-state index contributed by atoms with van der Waals surface area (Å²) < 4.78 is 19.2. The van der Waals surface area contributed by atoms with Crippen molar-refractivity contribution in [3.8, 4) is 5.75 Å². The predicted molar refractivity (Wildman–Crippen MR) is 80.2 cm³/mol. The standard InChI is InChI=1S/C16H24FNO3/c1-10(2)18-16(5,15(19)20)9-12(4)21-14-8-11(3)6-7-13(14)17/h6-8,10,12,18H,9H2,1-5H3,(H,19,20). The van der Waals surface area contributed by atoms with Gasteiger partial charge in [0.25, 0.3) is 0 Å². The van der Waals surface area contributed by atoms with Crippen LogP contribution in [0.2, 0.25) is 0 Å². The molecule has 1 rings (SSSR count). The lowest BCUT2D eigenvalue weighted by Crippen LogP contribution is -2.54. The number of nitrogens with one attached hydrogen (secondary N) is 1. The molecule has 21 heavy (non-hydrogen) atoms. The first-order chi connectivity index (χ1) is 9.64. The zero-order chi connectivity index (χ0) is 16.2. The third-order valence-electron chi connectivity index (χ3n) is 3.19. The van der Waals surface area contributed by atoms with E-state index < -0.39 is 23.4 Å². The second-order valence-electron chi connectivity index (χ2n) is 6.00. The molecule has 1 aromatic carbocycles. The van der Waals surface area contributed by atoms with Gasteiger partial charge >= 0.3 is 5.97 Å². The van der Waals surface area contributed by atoms with Crippen LogP contribution in [0.3, 0.4) is 0 Å². The lowest BCUT2D eigenvalue weighted by Gasteiger charge is -2.31. The molecule has 0 saturated heterocycles. The maximum Gasteiger partial charge on any atom is 0.323 e. The highest BCUT2D eigenvalue weighted by molar-refractivity contribution is 5.78. The largest absolute Gasteiger partial charge is 0.488 e. The van der Waals surface area contributed by atoms with Gasteiger partial charge in [-0.1, -0.05) is 6.07 Å². The van der Waals surface area contributed by atoms with Crippen LogP contribution in [0, 0.1) is 12.7 Å². The Labute approximate surface area is 125 Å². The Morgan fingerprint density at radius 1 is 1.43 bits per heavy atom. The summed E-state index contributed by atoms with van der Waals surface area (Å²) in [4.78, 5) is 11.5. The molecule has 0 amide bonds. The van der Waals surface area contributed by atoms with Crippen LogP contribution in [-0.2, 0) is 4.79 Å². The topological polar surface area (TPSA) is 58.6 Å². The number of benzene rings is 1. The number of hydrogen-bond acceptors (Lipinski definition) is 3. The summed E-state index contributed by atoms with van der Waals surface area (Å²) in [6.45, 7) is 8.96. The first-order valence-electron chi connectivity index (χ1n) is 7.08. The van der Waals surface area contributed by atoms with E-state index in [0.29, 0.717) is 0 Å². The van der Waals surface area contributed by atoms with E-state index in [9.17, 15) is 14.3 Å². The fourth-order valence-electron chi connectivity index (χ4n) is 2.38. The normalized spacial score (nSPS) is 15.6. The van der Waals surface area contributed by atoms with Gasteiger partial charge in [0.05, 0.1) is 6.10 Å². The number of rotatable bonds is 7. The quantitative estimate of drug-likeness (QED) is 0.812. The molecule has 0 aliphatic carbocycles. The molecule has 5 heteroatoms. The van der Waals surface area contributed by atoms with Gasteiger partial charge in [-0.25, -0.2) is 4.39 Å². The second kappa shape index (κ2) is 6.89. The van der Waals surface area contributed by atoms with Gasteiger partial charge in [0.2, 0.25) is 0 Å². The fourth-order valence-corrected chi connectivity index (χ4v) is 2.38. The van der Waals surface area contributed by atoms with Crippen molar-refractivity contribution in [3.63, 3.8) is 0 Å². The van der Waals surface area contributed by atoms with Crippen LogP contribution in [0.15, 0.2) is 18.2 Å². The summed E-state index contributed by atoms with van der Waals surface area (Å²) in [5.41, 5.74) is -0.228. The Morgan fingerprint density at radius 3 is 2.57 bits per heavy atom. The molecule has 0 heterocycles. The van der Waals surface area contributed by atoms with Crippen molar-refractivity contribution in [2.24, 2.45) is 0 Å². The molecule has 1 aromatic rings. The molecule has 0 fully saturated rings. The average Bonchev–Trinajstić information content (AvgIpc) is 2.32. The summed E-state index contributed by atoms with van der Waals surface area (Å²) in [6, 6.07) is 4.64. The SMILES string of the molecule is Cc1ccc(F)c(OC(C)CC(C)(NC(C)C)C(=O)O)c1. The molecule has 0 aliphatic heterocycles. The van der Waals surface area contributed by atoms with Crippen LogP contribution in [0.5, 0.6) is 5.75 Å². The van der Waals surface area contributed by atoms with Gasteiger partial charge < -0.3 is 9.84 Å². The number of ether oxygens (including phenoxy) is 1. The Balaban J connectivity index is 2.81. The third kappa shape index (κ3) is 5.01. The van der Waals surface area contributed by atoms with E-state index in [1.165, 1.54) is 6.07 Å². The Kier molecular flexibility index (Phi) is 5.72. The molecule has 2 unspecified atom stereocenters. The summed E-state index contributed by atoms with van der Waals surface area (Å²) >= 11 is 0. The highest BCUT2D eigenvalue weighted by Gasteiger charge is 2.35. The Hall–Kier alpha value is -1.62. The molecule has 0 radical (unpaired) electrons. The van der Waals surface area contributed by atoms with Crippen LogP contribution in [-0.4, -0.2) is 28.8 Å². The van der Waals surface area contributed by atoms with E-state index in [-0.39, 0.29) is 18.2 Å². The fraction of sp³-hybridized carbons (Fsp3) is 0.562. The lowest BCUT2D eigenvalue weighted by molar-refractivity contribution is -0.145. The van der Waals surface area contributed by atoms with Gasteiger partial charge in [-0.2, -0.15) is 0 Å². The molecular formula is C16H24FNO3. The molecule has 0 aromatic heterocycles. The summed E-state index contributed by atoms with van der Waals surface area (Å²) in [7, 11) is 0. The van der Waals surface area contributed by atoms with Crippen molar-refractivity contribution in [3.05, 3.63) is 29.6 Å². The highest BCUT2D eigenvalue weighted by atomic mass is 19.1. The molecule has 0 saturated carbocycles. The Morgan fingerprint density at radius 2 is 2.05 bits per heavy atom. The number of carboxylic acids is 1. The maximum absolute atomic E-state index is 13.7. The molecule has 0 spiro atoms. The zero-order valence-electron chi connectivity index (χ0n) is 13.2. The van der Waals surface area contributed by atoms with Gasteiger partial charge in [0.15, 0.2) is 11.6 Å². The number of carboxylic acid groups (broad SMARTS) is 1. The van der Waals surface area contributed by atoms with Crippen molar-refractivity contribution < 1.29 is 19.0 Å². The molecule has 0 bridgehead atoms. The molecule has 2 atom stereocenters. The lowest BCUT2D eigenvalue weighted by atomic mass is 9.94. The smallest absolute Gasteiger partial charge is 0.323 e. The molecule has 118 valence electrons. The zero-order valence-corrected chi connectivity index (χ0v) is 13.2. The second-order valence-corrected chi connectivity index (χ2v) is 6.00. The van der Waals surface area contributed by atoms with Crippen LogP contribution in [0.25, 0.3) is 0 Å². The number of halogens is 1. The average molecular weight is 297 g/mol. The first-order valence-corrected chi connectivity index (χ1v) is 7.08. The van der Waals surface area contributed by atoms with Crippen molar-refractivity contribution >= 4 is 5.97 Å². The van der Waals surface area contributed by atoms with Gasteiger partial charge in [0, 0.05) is 12.5 Å². The van der Waals surface area contributed by atoms with Crippen molar-refractivity contribution in [1.29, 1.82) is 0 Å². The van der Waals surface area contributed by atoms with Gasteiger partial charge in [-0.3, -0.25) is 10.1 Å². The highest BCUT2D eigenvalue weighted by Crippen LogP contribution is 2.23. The minimum atomic E-state index is -1.12. The van der Waals surface area contributed by atoms with Crippen molar-refractivity contribution in [1.82, 2.24) is 5.32 Å². The molecule has 2 N–H and O–H groups in total. The number of hydrogen-bond donors (Lipinski definition) is 2.